The van der Waals surface area contributed by atoms with Crippen LogP contribution in [0.4, 0.5) is 11.5 Å². The van der Waals surface area contributed by atoms with E-state index in [1.807, 2.05) is 23.2 Å². The van der Waals surface area contributed by atoms with Gasteiger partial charge >= 0.3 is 0 Å². The molecule has 170 valence electrons. The standard InChI is InChI=1S/C26H34N4O2/c1-26(2,3)19-6-4-18(5-7-19)25(31)30-16-22-21(23(22)17-30)15-27-20-8-9-24(28-14-20)29-10-12-32-13-11-29/h4-9,14,21-23,27H,10-13,15-17H2,1-3H3. The number of carbonyl (C=O) groups excluding carboxylic acids is 1. The smallest absolute Gasteiger partial charge is 0.253 e. The summed E-state index contributed by atoms with van der Waals surface area (Å²) in [4.78, 5) is 21.8. The van der Waals surface area contributed by atoms with E-state index in [2.05, 4.69) is 60.2 Å². The van der Waals surface area contributed by atoms with Gasteiger partial charge in [-0.3, -0.25) is 4.79 Å². The number of pyridine rings is 1. The number of nitrogens with zero attached hydrogens (tertiary/aromatic N) is 3. The van der Waals surface area contributed by atoms with Crippen LogP contribution >= 0.6 is 0 Å². The Hall–Kier alpha value is -2.60. The third-order valence-electron chi connectivity index (χ3n) is 7.28. The van der Waals surface area contributed by atoms with E-state index >= 15 is 0 Å². The quantitative estimate of drug-likeness (QED) is 0.779. The van der Waals surface area contributed by atoms with E-state index < -0.39 is 0 Å². The molecule has 0 spiro atoms. The Balaban J connectivity index is 1.09. The summed E-state index contributed by atoms with van der Waals surface area (Å²) < 4.78 is 5.41. The molecule has 6 heteroatoms. The van der Waals surface area contributed by atoms with Crippen LogP contribution in [0.1, 0.15) is 36.7 Å². The second-order valence-corrected chi connectivity index (χ2v) is 10.4. The fraction of sp³-hybridized carbons (Fsp3) is 0.538. The molecule has 2 aromatic rings. The predicted octanol–water partition coefficient (Wildman–Crippen LogP) is 3.65. The molecule has 1 N–H and O–H groups in total. The third-order valence-corrected chi connectivity index (χ3v) is 7.28. The molecule has 1 aromatic carbocycles. The maximum atomic E-state index is 12.9. The number of fused-ring (bicyclic) bond motifs is 1. The van der Waals surface area contributed by atoms with E-state index in [1.54, 1.807) is 0 Å². The number of anilines is 2. The lowest BCUT2D eigenvalue weighted by atomic mass is 9.86. The lowest BCUT2D eigenvalue weighted by molar-refractivity contribution is 0.0768. The first kappa shape index (κ1) is 21.3. The minimum absolute atomic E-state index is 0.107. The molecule has 1 saturated carbocycles. The molecule has 1 aliphatic carbocycles. The molecule has 32 heavy (non-hydrogen) atoms. The molecule has 3 heterocycles. The van der Waals surface area contributed by atoms with Gasteiger partial charge in [-0.2, -0.15) is 0 Å². The summed E-state index contributed by atoms with van der Waals surface area (Å²) in [5.74, 6) is 3.10. The fourth-order valence-electron chi connectivity index (χ4n) is 5.12. The van der Waals surface area contributed by atoms with E-state index in [9.17, 15) is 4.79 Å². The largest absolute Gasteiger partial charge is 0.383 e. The van der Waals surface area contributed by atoms with E-state index in [0.29, 0.717) is 17.8 Å². The molecule has 2 aliphatic heterocycles. The summed E-state index contributed by atoms with van der Waals surface area (Å²) in [5.41, 5.74) is 3.24. The fourth-order valence-corrected chi connectivity index (χ4v) is 5.12. The van der Waals surface area contributed by atoms with Crippen LogP contribution in [0, 0.1) is 17.8 Å². The summed E-state index contributed by atoms with van der Waals surface area (Å²) in [7, 11) is 0. The van der Waals surface area contributed by atoms with Crippen molar-refractivity contribution >= 4 is 17.4 Å². The highest BCUT2D eigenvalue weighted by atomic mass is 16.5. The second kappa shape index (κ2) is 8.39. The van der Waals surface area contributed by atoms with Gasteiger partial charge in [0, 0.05) is 38.3 Å². The number of ether oxygens (including phenoxy) is 1. The molecule has 3 fully saturated rings. The van der Waals surface area contributed by atoms with Gasteiger partial charge in [-0.1, -0.05) is 32.9 Å². The number of likely N-dealkylation sites (tertiary alicyclic amines) is 1. The maximum Gasteiger partial charge on any atom is 0.253 e. The molecule has 0 radical (unpaired) electrons. The number of benzene rings is 1. The predicted molar refractivity (Wildman–Crippen MR) is 127 cm³/mol. The minimum atomic E-state index is 0.107. The van der Waals surface area contributed by atoms with Crippen molar-refractivity contribution in [2.75, 3.05) is 56.2 Å². The first-order valence-corrected chi connectivity index (χ1v) is 11.8. The van der Waals surface area contributed by atoms with Crippen LogP contribution in [-0.4, -0.2) is 61.7 Å². The van der Waals surface area contributed by atoms with Crippen molar-refractivity contribution in [2.45, 2.75) is 26.2 Å². The van der Waals surface area contributed by atoms with E-state index in [-0.39, 0.29) is 11.3 Å². The lowest BCUT2D eigenvalue weighted by Gasteiger charge is -2.27. The highest BCUT2D eigenvalue weighted by Gasteiger charge is 2.56. The number of aromatic nitrogens is 1. The van der Waals surface area contributed by atoms with E-state index in [0.717, 1.165) is 63.0 Å². The number of hydrogen-bond acceptors (Lipinski definition) is 5. The lowest BCUT2D eigenvalue weighted by Crippen LogP contribution is -2.36. The minimum Gasteiger partial charge on any atom is -0.383 e. The summed E-state index contributed by atoms with van der Waals surface area (Å²) in [6.45, 7) is 12.7. The van der Waals surface area contributed by atoms with Crippen LogP contribution in [0.3, 0.4) is 0 Å². The average molecular weight is 435 g/mol. The number of nitrogens with one attached hydrogen (secondary N) is 1. The number of morpholine rings is 1. The molecular formula is C26H34N4O2. The molecule has 2 atom stereocenters. The van der Waals surface area contributed by atoms with Crippen LogP contribution in [0.2, 0.25) is 0 Å². The number of hydrogen-bond donors (Lipinski definition) is 1. The van der Waals surface area contributed by atoms with Gasteiger partial charge in [-0.05, 0) is 53.0 Å². The highest BCUT2D eigenvalue weighted by molar-refractivity contribution is 5.94. The van der Waals surface area contributed by atoms with Crippen molar-refractivity contribution < 1.29 is 9.53 Å². The summed E-state index contributed by atoms with van der Waals surface area (Å²) >= 11 is 0. The van der Waals surface area contributed by atoms with Gasteiger partial charge < -0.3 is 19.9 Å². The first-order chi connectivity index (χ1) is 15.4. The number of carbonyl (C=O) groups is 1. The molecule has 3 aliphatic rings. The molecule has 2 unspecified atom stereocenters. The first-order valence-electron chi connectivity index (χ1n) is 11.8. The zero-order chi connectivity index (χ0) is 22.3. The maximum absolute atomic E-state index is 12.9. The second-order valence-electron chi connectivity index (χ2n) is 10.4. The third kappa shape index (κ3) is 4.33. The van der Waals surface area contributed by atoms with Gasteiger partial charge in [0.25, 0.3) is 5.91 Å². The SMILES string of the molecule is CC(C)(C)c1ccc(C(=O)N2CC3C(CNc4ccc(N5CCOCC5)nc4)C3C2)cc1. The Labute approximate surface area is 191 Å². The molecular weight excluding hydrogens is 400 g/mol. The van der Waals surface area contributed by atoms with Gasteiger partial charge in [-0.25, -0.2) is 4.98 Å². The Morgan fingerprint density at radius 1 is 1.06 bits per heavy atom. The Kier molecular flexibility index (Phi) is 5.58. The summed E-state index contributed by atoms with van der Waals surface area (Å²) in [6.07, 6.45) is 1.93. The van der Waals surface area contributed by atoms with Gasteiger partial charge in [0.2, 0.25) is 0 Å². The van der Waals surface area contributed by atoms with Crippen LogP contribution in [-0.2, 0) is 10.2 Å². The van der Waals surface area contributed by atoms with Crippen molar-refractivity contribution in [1.29, 1.82) is 0 Å². The van der Waals surface area contributed by atoms with Crippen molar-refractivity contribution in [3.8, 4) is 0 Å². The number of amides is 1. The van der Waals surface area contributed by atoms with E-state index in [4.69, 9.17) is 4.74 Å². The molecule has 6 nitrogen and oxygen atoms in total. The van der Waals surface area contributed by atoms with Gasteiger partial charge in [0.15, 0.2) is 0 Å². The normalized spacial score (nSPS) is 24.9. The van der Waals surface area contributed by atoms with Crippen LogP contribution in [0.15, 0.2) is 42.6 Å². The van der Waals surface area contributed by atoms with Crippen molar-refractivity contribution in [3.05, 3.63) is 53.7 Å². The van der Waals surface area contributed by atoms with Gasteiger partial charge in [0.1, 0.15) is 5.82 Å². The van der Waals surface area contributed by atoms with Crippen molar-refractivity contribution in [3.63, 3.8) is 0 Å². The zero-order valence-electron chi connectivity index (χ0n) is 19.4. The molecule has 5 rings (SSSR count). The average Bonchev–Trinajstić information content (AvgIpc) is 3.26. The molecule has 0 bridgehead atoms. The number of rotatable bonds is 5. The molecule has 2 saturated heterocycles. The Bertz CT molecular complexity index is 933. The van der Waals surface area contributed by atoms with Crippen molar-refractivity contribution in [2.24, 2.45) is 17.8 Å². The monoisotopic (exact) mass is 434 g/mol. The Morgan fingerprint density at radius 3 is 2.34 bits per heavy atom. The van der Waals surface area contributed by atoms with Gasteiger partial charge in [0.05, 0.1) is 25.1 Å². The number of piperidine rings is 1. The molecule has 1 amide bonds. The van der Waals surface area contributed by atoms with Gasteiger partial charge in [-0.15, -0.1) is 0 Å². The van der Waals surface area contributed by atoms with Crippen LogP contribution in [0.5, 0.6) is 0 Å². The van der Waals surface area contributed by atoms with Crippen LogP contribution in [0.25, 0.3) is 0 Å². The molecule has 1 aromatic heterocycles. The van der Waals surface area contributed by atoms with Crippen molar-refractivity contribution in [1.82, 2.24) is 9.88 Å². The zero-order valence-corrected chi connectivity index (χ0v) is 19.4. The topological polar surface area (TPSA) is 57.7 Å². The highest BCUT2D eigenvalue weighted by Crippen LogP contribution is 2.51. The summed E-state index contributed by atoms with van der Waals surface area (Å²) in [5, 5.41) is 3.55. The summed E-state index contributed by atoms with van der Waals surface area (Å²) in [6, 6.07) is 12.4. The van der Waals surface area contributed by atoms with E-state index in [1.165, 1.54) is 5.56 Å². The van der Waals surface area contributed by atoms with Crippen LogP contribution < -0.4 is 10.2 Å². The Morgan fingerprint density at radius 2 is 1.75 bits per heavy atom.